The molecule has 3 aromatic rings. The van der Waals surface area contributed by atoms with E-state index < -0.39 is 32.5 Å². The van der Waals surface area contributed by atoms with Crippen molar-refractivity contribution in [2.24, 2.45) is 0 Å². The Balaban J connectivity index is 1.81. The average Bonchev–Trinajstić information content (AvgIpc) is 3.05. The molecule has 0 spiro atoms. The molecule has 152 valence electrons. The number of para-hydroxylation sites is 1. The van der Waals surface area contributed by atoms with Crippen LogP contribution in [0.1, 0.15) is 10.6 Å². The molecule has 4 rings (SSSR count). The quantitative estimate of drug-likeness (QED) is 0.698. The molecule has 10 heteroatoms. The van der Waals surface area contributed by atoms with Crippen molar-refractivity contribution in [3.8, 4) is 0 Å². The molecule has 0 unspecified atom stereocenters. The first-order chi connectivity index (χ1) is 13.9. The van der Waals surface area contributed by atoms with E-state index in [1.807, 2.05) is 0 Å². The van der Waals surface area contributed by atoms with E-state index in [0.29, 0.717) is 31.7 Å². The summed E-state index contributed by atoms with van der Waals surface area (Å²) in [6.45, 7) is 1.30. The van der Waals surface area contributed by atoms with Gasteiger partial charge in [0.1, 0.15) is 22.9 Å². The number of amides is 1. The van der Waals surface area contributed by atoms with Gasteiger partial charge in [-0.3, -0.25) is 9.52 Å². The van der Waals surface area contributed by atoms with Gasteiger partial charge in [-0.05, 0) is 24.3 Å². The van der Waals surface area contributed by atoms with Crippen LogP contribution in [-0.2, 0) is 14.8 Å². The number of sulfonamides is 1. The third-order valence-corrected chi connectivity index (χ3v) is 5.91. The molecule has 1 fully saturated rings. The van der Waals surface area contributed by atoms with Crippen LogP contribution >= 0.6 is 0 Å². The Morgan fingerprint density at radius 2 is 1.66 bits per heavy atom. The number of carbonyl (C=O) groups excluding carboxylic acids is 1. The van der Waals surface area contributed by atoms with E-state index in [1.54, 1.807) is 24.3 Å². The van der Waals surface area contributed by atoms with Gasteiger partial charge in [0.25, 0.3) is 15.9 Å². The minimum Gasteiger partial charge on any atom is -0.449 e. The molecule has 0 radical (unpaired) electrons. The Morgan fingerprint density at radius 3 is 2.34 bits per heavy atom. The van der Waals surface area contributed by atoms with Crippen molar-refractivity contribution in [3.63, 3.8) is 0 Å². The van der Waals surface area contributed by atoms with Gasteiger partial charge in [-0.25, -0.2) is 17.2 Å². The van der Waals surface area contributed by atoms with E-state index in [9.17, 15) is 22.0 Å². The first kappa shape index (κ1) is 19.3. The van der Waals surface area contributed by atoms with E-state index in [2.05, 4.69) is 4.72 Å². The molecule has 1 saturated heterocycles. The topological polar surface area (TPSA) is 88.8 Å². The van der Waals surface area contributed by atoms with Crippen LogP contribution in [0.25, 0.3) is 11.0 Å². The summed E-state index contributed by atoms with van der Waals surface area (Å²) in [4.78, 5) is 13.3. The number of carbonyl (C=O) groups is 1. The zero-order chi connectivity index (χ0) is 20.6. The summed E-state index contributed by atoms with van der Waals surface area (Å²) in [7, 11) is -4.68. The number of rotatable bonds is 4. The van der Waals surface area contributed by atoms with Crippen LogP contribution < -0.4 is 4.72 Å². The third-order valence-electron chi connectivity index (χ3n) is 4.51. The maximum Gasteiger partial charge on any atom is 0.291 e. The standard InChI is InChI=1S/C19H16F2N2O5S/c20-13-5-3-6-14(21)18(13)29(25,26)22-16-12-4-1-2-7-15(12)28-17(16)19(24)23-8-10-27-11-9-23/h1-7,22H,8-11H2. The maximum absolute atomic E-state index is 14.1. The first-order valence-corrected chi connectivity index (χ1v) is 10.2. The molecule has 0 atom stereocenters. The number of benzene rings is 2. The lowest BCUT2D eigenvalue weighted by molar-refractivity contribution is 0.0285. The predicted molar refractivity (Wildman–Crippen MR) is 100 cm³/mol. The van der Waals surface area contributed by atoms with Crippen molar-refractivity contribution >= 4 is 32.6 Å². The number of furan rings is 1. The zero-order valence-electron chi connectivity index (χ0n) is 15.0. The molecule has 1 aliphatic heterocycles. The molecule has 2 aromatic carbocycles. The highest BCUT2D eigenvalue weighted by Crippen LogP contribution is 2.34. The molecule has 1 aromatic heterocycles. The van der Waals surface area contributed by atoms with Crippen molar-refractivity contribution in [2.45, 2.75) is 4.90 Å². The van der Waals surface area contributed by atoms with Crippen molar-refractivity contribution < 1.29 is 31.1 Å². The highest BCUT2D eigenvalue weighted by atomic mass is 32.2. The molecule has 1 N–H and O–H groups in total. The summed E-state index contributed by atoms with van der Waals surface area (Å²) in [5.41, 5.74) is 0.0931. The van der Waals surface area contributed by atoms with Crippen LogP contribution in [0.5, 0.6) is 0 Å². The van der Waals surface area contributed by atoms with Gasteiger partial charge in [0.05, 0.1) is 13.2 Å². The molecule has 1 aliphatic rings. The Hall–Kier alpha value is -2.98. The molecule has 7 nitrogen and oxygen atoms in total. The second-order valence-electron chi connectivity index (χ2n) is 6.36. The highest BCUT2D eigenvalue weighted by molar-refractivity contribution is 7.92. The molecule has 0 saturated carbocycles. The Labute approximate surface area is 164 Å². The number of hydrogen-bond donors (Lipinski definition) is 1. The number of nitrogens with zero attached hydrogens (tertiary/aromatic N) is 1. The van der Waals surface area contributed by atoms with Gasteiger partial charge in [0, 0.05) is 18.5 Å². The highest BCUT2D eigenvalue weighted by Gasteiger charge is 2.31. The van der Waals surface area contributed by atoms with Gasteiger partial charge < -0.3 is 14.1 Å². The number of fused-ring (bicyclic) bond motifs is 1. The van der Waals surface area contributed by atoms with Crippen molar-refractivity contribution in [1.82, 2.24) is 4.90 Å². The fourth-order valence-corrected chi connectivity index (χ4v) is 4.36. The maximum atomic E-state index is 14.1. The van der Waals surface area contributed by atoms with E-state index in [4.69, 9.17) is 9.15 Å². The molecule has 0 bridgehead atoms. The molecule has 29 heavy (non-hydrogen) atoms. The average molecular weight is 422 g/mol. The lowest BCUT2D eigenvalue weighted by atomic mass is 10.2. The zero-order valence-corrected chi connectivity index (χ0v) is 15.8. The van der Waals surface area contributed by atoms with E-state index in [-0.39, 0.29) is 17.0 Å². The molecule has 0 aliphatic carbocycles. The second kappa shape index (κ2) is 7.45. The fourth-order valence-electron chi connectivity index (χ4n) is 3.13. The van der Waals surface area contributed by atoms with Gasteiger partial charge in [-0.2, -0.15) is 0 Å². The van der Waals surface area contributed by atoms with E-state index in [0.717, 1.165) is 18.2 Å². The van der Waals surface area contributed by atoms with Crippen LogP contribution in [0, 0.1) is 11.6 Å². The monoisotopic (exact) mass is 422 g/mol. The van der Waals surface area contributed by atoms with Gasteiger partial charge in [0.15, 0.2) is 4.90 Å². The Bertz CT molecular complexity index is 1170. The summed E-state index contributed by atoms with van der Waals surface area (Å²) < 4.78 is 66.6. The normalized spacial score (nSPS) is 14.9. The number of halogens is 2. The van der Waals surface area contributed by atoms with Crippen LogP contribution in [0.4, 0.5) is 14.5 Å². The number of anilines is 1. The fraction of sp³-hybridized carbons (Fsp3) is 0.211. The second-order valence-corrected chi connectivity index (χ2v) is 7.98. The van der Waals surface area contributed by atoms with Gasteiger partial charge in [-0.15, -0.1) is 0 Å². The molecular weight excluding hydrogens is 406 g/mol. The number of hydrogen-bond acceptors (Lipinski definition) is 5. The molecule has 1 amide bonds. The van der Waals surface area contributed by atoms with Gasteiger partial charge in [0.2, 0.25) is 5.76 Å². The number of ether oxygens (including phenoxy) is 1. The largest absolute Gasteiger partial charge is 0.449 e. The Kier molecular flexibility index (Phi) is 4.97. The molecular formula is C19H16F2N2O5S. The smallest absolute Gasteiger partial charge is 0.291 e. The third kappa shape index (κ3) is 3.56. The van der Waals surface area contributed by atoms with E-state index in [1.165, 1.54) is 4.90 Å². The van der Waals surface area contributed by atoms with Crippen LogP contribution in [-0.4, -0.2) is 45.5 Å². The summed E-state index contributed by atoms with van der Waals surface area (Å²) in [5, 5.41) is 0.296. The predicted octanol–water partition coefficient (Wildman–Crippen LogP) is 2.98. The van der Waals surface area contributed by atoms with Crippen molar-refractivity contribution in [3.05, 3.63) is 59.9 Å². The summed E-state index contributed by atoms with van der Waals surface area (Å²) >= 11 is 0. The number of morpholine rings is 1. The van der Waals surface area contributed by atoms with Crippen molar-refractivity contribution in [1.29, 1.82) is 0 Å². The first-order valence-electron chi connectivity index (χ1n) is 8.74. The van der Waals surface area contributed by atoms with Crippen molar-refractivity contribution in [2.75, 3.05) is 31.0 Å². The minimum atomic E-state index is -4.68. The van der Waals surface area contributed by atoms with Gasteiger partial charge >= 0.3 is 0 Å². The summed E-state index contributed by atoms with van der Waals surface area (Å²) in [6.07, 6.45) is 0. The van der Waals surface area contributed by atoms with Gasteiger partial charge in [-0.1, -0.05) is 18.2 Å². The van der Waals surface area contributed by atoms with Crippen LogP contribution in [0.15, 0.2) is 51.8 Å². The van der Waals surface area contributed by atoms with Crippen LogP contribution in [0.3, 0.4) is 0 Å². The van der Waals surface area contributed by atoms with E-state index >= 15 is 0 Å². The SMILES string of the molecule is O=C(c1oc2ccccc2c1NS(=O)(=O)c1c(F)cccc1F)N1CCOCC1. The Morgan fingerprint density at radius 1 is 1.00 bits per heavy atom. The number of nitrogens with one attached hydrogen (secondary N) is 1. The molecule has 2 heterocycles. The summed E-state index contributed by atoms with van der Waals surface area (Å²) in [6, 6.07) is 9.13. The summed E-state index contributed by atoms with van der Waals surface area (Å²) in [5.74, 6) is -3.29. The minimum absolute atomic E-state index is 0.167. The lowest BCUT2D eigenvalue weighted by Crippen LogP contribution is -2.40. The lowest BCUT2D eigenvalue weighted by Gasteiger charge is -2.26. The van der Waals surface area contributed by atoms with Crippen LogP contribution in [0.2, 0.25) is 0 Å².